The van der Waals surface area contributed by atoms with Crippen molar-refractivity contribution in [2.45, 2.75) is 44.6 Å². The highest BCUT2D eigenvalue weighted by Gasteiger charge is 2.29. The summed E-state index contributed by atoms with van der Waals surface area (Å²) < 4.78 is 0. The van der Waals surface area contributed by atoms with Gasteiger partial charge in [0.1, 0.15) is 0 Å². The average Bonchev–Trinajstić information content (AvgIpc) is 3.09. The van der Waals surface area contributed by atoms with Gasteiger partial charge in [-0.05, 0) is 43.9 Å². The Morgan fingerprint density at radius 3 is 2.78 bits per heavy atom. The summed E-state index contributed by atoms with van der Waals surface area (Å²) in [6.07, 6.45) is 7.98. The molecule has 1 N–H and O–H groups in total. The van der Waals surface area contributed by atoms with Crippen LogP contribution in [0.15, 0.2) is 24.3 Å². The Morgan fingerprint density at radius 1 is 1.22 bits per heavy atom. The van der Waals surface area contributed by atoms with Gasteiger partial charge in [-0.15, -0.1) is 0 Å². The zero-order valence-electron chi connectivity index (χ0n) is 13.6. The van der Waals surface area contributed by atoms with E-state index in [4.69, 9.17) is 5.26 Å². The van der Waals surface area contributed by atoms with Crippen LogP contribution in [0.25, 0.3) is 0 Å². The minimum atomic E-state index is -0.127. The summed E-state index contributed by atoms with van der Waals surface area (Å²) in [4.78, 5) is 14.9. The normalized spacial score (nSPS) is 22.7. The minimum absolute atomic E-state index is 0.127. The molecule has 1 aliphatic heterocycles. The highest BCUT2D eigenvalue weighted by molar-refractivity contribution is 5.96. The Morgan fingerprint density at radius 2 is 2.00 bits per heavy atom. The number of carbonyl (C=O) groups excluding carboxylic acids is 1. The van der Waals surface area contributed by atoms with E-state index in [0.29, 0.717) is 23.6 Å². The third kappa shape index (κ3) is 3.92. The van der Waals surface area contributed by atoms with E-state index in [9.17, 15) is 4.79 Å². The maximum absolute atomic E-state index is 12.3. The van der Waals surface area contributed by atoms with Crippen LogP contribution in [0.1, 0.15) is 54.4 Å². The van der Waals surface area contributed by atoms with E-state index in [1.165, 1.54) is 38.6 Å². The average molecular weight is 311 g/mol. The van der Waals surface area contributed by atoms with Crippen molar-refractivity contribution in [1.29, 1.82) is 5.26 Å². The lowest BCUT2D eigenvalue weighted by atomic mass is 9.94. The van der Waals surface area contributed by atoms with Gasteiger partial charge in [0, 0.05) is 19.1 Å². The SMILES string of the molecule is N#Cc1ccccc1C(=O)NC[C@H]1CCN(C2CCCCC2)C1. The van der Waals surface area contributed by atoms with Crippen LogP contribution >= 0.6 is 0 Å². The molecule has 2 fully saturated rings. The van der Waals surface area contributed by atoms with Gasteiger partial charge in [-0.3, -0.25) is 4.79 Å². The quantitative estimate of drug-likeness (QED) is 0.930. The summed E-state index contributed by atoms with van der Waals surface area (Å²) in [7, 11) is 0. The van der Waals surface area contributed by atoms with Crippen molar-refractivity contribution < 1.29 is 4.79 Å². The lowest BCUT2D eigenvalue weighted by Gasteiger charge is -2.31. The zero-order valence-corrected chi connectivity index (χ0v) is 13.6. The van der Waals surface area contributed by atoms with E-state index < -0.39 is 0 Å². The van der Waals surface area contributed by atoms with Crippen molar-refractivity contribution in [1.82, 2.24) is 10.2 Å². The number of hydrogen-bond donors (Lipinski definition) is 1. The predicted molar refractivity (Wildman–Crippen MR) is 90.0 cm³/mol. The summed E-state index contributed by atoms with van der Waals surface area (Å²) in [6, 6.07) is 9.85. The second-order valence-corrected chi connectivity index (χ2v) is 6.81. The van der Waals surface area contributed by atoms with Gasteiger partial charge in [0.15, 0.2) is 0 Å². The van der Waals surface area contributed by atoms with Gasteiger partial charge in [0.05, 0.1) is 17.2 Å². The van der Waals surface area contributed by atoms with Gasteiger partial charge >= 0.3 is 0 Å². The first-order valence-electron chi connectivity index (χ1n) is 8.79. The zero-order chi connectivity index (χ0) is 16.1. The Kier molecular flexibility index (Phi) is 5.30. The molecular weight excluding hydrogens is 286 g/mol. The van der Waals surface area contributed by atoms with E-state index >= 15 is 0 Å². The van der Waals surface area contributed by atoms with Crippen LogP contribution in [0.5, 0.6) is 0 Å². The summed E-state index contributed by atoms with van der Waals surface area (Å²) >= 11 is 0. The summed E-state index contributed by atoms with van der Waals surface area (Å²) in [5.74, 6) is 0.411. The van der Waals surface area contributed by atoms with Gasteiger partial charge in [0.2, 0.25) is 0 Å². The fourth-order valence-corrected chi connectivity index (χ4v) is 3.92. The smallest absolute Gasteiger partial charge is 0.252 e. The van der Waals surface area contributed by atoms with E-state index in [1.807, 2.05) is 0 Å². The van der Waals surface area contributed by atoms with Crippen LogP contribution in [0.2, 0.25) is 0 Å². The third-order valence-corrected chi connectivity index (χ3v) is 5.25. The molecular formula is C19H25N3O. The molecule has 4 heteroatoms. The minimum Gasteiger partial charge on any atom is -0.352 e. The maximum atomic E-state index is 12.3. The van der Waals surface area contributed by atoms with E-state index in [0.717, 1.165) is 19.0 Å². The summed E-state index contributed by atoms with van der Waals surface area (Å²) in [5.41, 5.74) is 0.928. The number of nitrogens with one attached hydrogen (secondary N) is 1. The molecule has 1 saturated heterocycles. The number of likely N-dealkylation sites (tertiary alicyclic amines) is 1. The number of carbonyl (C=O) groups is 1. The van der Waals surface area contributed by atoms with E-state index in [-0.39, 0.29) is 5.91 Å². The Balaban J connectivity index is 1.49. The molecule has 0 radical (unpaired) electrons. The predicted octanol–water partition coefficient (Wildman–Crippen LogP) is 2.94. The second kappa shape index (κ2) is 7.61. The molecule has 1 aliphatic carbocycles. The topological polar surface area (TPSA) is 56.1 Å². The monoisotopic (exact) mass is 311 g/mol. The molecule has 0 unspecified atom stereocenters. The fraction of sp³-hybridized carbons (Fsp3) is 0.579. The van der Waals surface area contributed by atoms with Crippen LogP contribution in [0, 0.1) is 17.2 Å². The Hall–Kier alpha value is -1.86. The standard InChI is InChI=1S/C19H25N3O/c20-12-16-6-4-5-9-18(16)19(23)21-13-15-10-11-22(14-15)17-7-2-1-3-8-17/h4-6,9,15,17H,1-3,7-8,10-11,13-14H2,(H,21,23)/t15-/m1/s1. The number of benzene rings is 1. The van der Waals surface area contributed by atoms with E-state index in [2.05, 4.69) is 16.3 Å². The largest absolute Gasteiger partial charge is 0.352 e. The van der Waals surface area contributed by atoms with Gasteiger partial charge in [0.25, 0.3) is 5.91 Å². The van der Waals surface area contributed by atoms with Gasteiger partial charge in [-0.1, -0.05) is 31.4 Å². The molecule has 2 aliphatic rings. The summed E-state index contributed by atoms with van der Waals surface area (Å²) in [6.45, 7) is 2.98. The first-order chi connectivity index (χ1) is 11.3. The molecule has 0 bridgehead atoms. The van der Waals surface area contributed by atoms with Gasteiger partial charge in [-0.25, -0.2) is 0 Å². The molecule has 1 aromatic rings. The molecule has 1 atom stereocenters. The fourth-order valence-electron chi connectivity index (χ4n) is 3.92. The molecule has 1 aromatic carbocycles. The van der Waals surface area contributed by atoms with Crippen LogP contribution in [-0.4, -0.2) is 36.5 Å². The lowest BCUT2D eigenvalue weighted by molar-refractivity contribution is 0.0946. The molecule has 3 rings (SSSR count). The first-order valence-corrected chi connectivity index (χ1v) is 8.79. The van der Waals surface area contributed by atoms with E-state index in [1.54, 1.807) is 24.3 Å². The first kappa shape index (κ1) is 16.0. The second-order valence-electron chi connectivity index (χ2n) is 6.81. The van der Waals surface area contributed by atoms with Crippen LogP contribution < -0.4 is 5.32 Å². The number of nitriles is 1. The summed E-state index contributed by atoms with van der Waals surface area (Å²) in [5, 5.41) is 12.1. The molecule has 23 heavy (non-hydrogen) atoms. The molecule has 1 saturated carbocycles. The Labute approximate surface area is 138 Å². The molecule has 122 valence electrons. The highest BCUT2D eigenvalue weighted by atomic mass is 16.1. The number of hydrogen-bond acceptors (Lipinski definition) is 3. The lowest BCUT2D eigenvalue weighted by Crippen LogP contribution is -2.36. The molecule has 4 nitrogen and oxygen atoms in total. The Bertz CT molecular complexity index is 587. The van der Waals surface area contributed by atoms with Crippen LogP contribution in [-0.2, 0) is 0 Å². The number of rotatable bonds is 4. The van der Waals surface area contributed by atoms with Crippen molar-refractivity contribution in [2.24, 2.45) is 5.92 Å². The molecule has 0 aromatic heterocycles. The van der Waals surface area contributed by atoms with Gasteiger partial charge in [-0.2, -0.15) is 5.26 Å². The number of amides is 1. The third-order valence-electron chi connectivity index (χ3n) is 5.25. The molecule has 1 amide bonds. The van der Waals surface area contributed by atoms with Crippen molar-refractivity contribution >= 4 is 5.91 Å². The van der Waals surface area contributed by atoms with Crippen molar-refractivity contribution in [3.8, 4) is 6.07 Å². The molecule has 0 spiro atoms. The maximum Gasteiger partial charge on any atom is 0.252 e. The van der Waals surface area contributed by atoms with Crippen LogP contribution in [0.4, 0.5) is 0 Å². The van der Waals surface area contributed by atoms with Crippen molar-refractivity contribution in [2.75, 3.05) is 19.6 Å². The highest BCUT2D eigenvalue weighted by Crippen LogP contribution is 2.27. The van der Waals surface area contributed by atoms with Crippen molar-refractivity contribution in [3.05, 3.63) is 35.4 Å². The number of nitrogens with zero attached hydrogens (tertiary/aromatic N) is 2. The van der Waals surface area contributed by atoms with Gasteiger partial charge < -0.3 is 10.2 Å². The van der Waals surface area contributed by atoms with Crippen LogP contribution in [0.3, 0.4) is 0 Å². The van der Waals surface area contributed by atoms with Crippen molar-refractivity contribution in [3.63, 3.8) is 0 Å². The molecule has 1 heterocycles.